The number of benzene rings is 3. The topological polar surface area (TPSA) is 58.6 Å². The lowest BCUT2D eigenvalue weighted by Crippen LogP contribution is -2.43. The molecule has 0 aromatic heterocycles. The number of ether oxygens (including phenoxy) is 1. The zero-order chi connectivity index (χ0) is 19.7. The van der Waals surface area contributed by atoms with E-state index < -0.39 is 21.3 Å². The highest BCUT2D eigenvalue weighted by Gasteiger charge is 2.41. The number of nitrogens with zero attached hydrogens (tertiary/aromatic N) is 1. The molecule has 7 heteroatoms. The molecule has 3 aromatic carbocycles. The van der Waals surface area contributed by atoms with Gasteiger partial charge in [0.25, 0.3) is 10.0 Å². The second kappa shape index (κ2) is 7.41. The number of hydrogen-bond acceptors (Lipinski definition) is 4. The lowest BCUT2D eigenvalue weighted by Gasteiger charge is -2.36. The largest absolute Gasteiger partial charge is 0.470 e. The van der Waals surface area contributed by atoms with Crippen LogP contribution in [0.5, 0.6) is 5.75 Å². The van der Waals surface area contributed by atoms with Crippen molar-refractivity contribution in [2.24, 2.45) is 0 Å². The predicted molar refractivity (Wildman–Crippen MR) is 109 cm³/mol. The fourth-order valence-electron chi connectivity index (χ4n) is 3.46. The maximum Gasteiger partial charge on any atom is 0.277 e. The number of sulfonamides is 1. The minimum Gasteiger partial charge on any atom is -0.470 e. The first kappa shape index (κ1) is 18.7. The molecule has 28 heavy (non-hydrogen) atoms. The smallest absolute Gasteiger partial charge is 0.277 e. The number of halogens is 1. The molecule has 0 aliphatic carbocycles. The third kappa shape index (κ3) is 3.31. The zero-order valence-corrected chi connectivity index (χ0v) is 16.2. The van der Waals surface area contributed by atoms with E-state index in [1.807, 2.05) is 37.4 Å². The van der Waals surface area contributed by atoms with Crippen LogP contribution in [0.4, 0.5) is 15.8 Å². The Morgan fingerprint density at radius 2 is 1.82 bits per heavy atom. The molecular formula is C21H21FN2O3S. The maximum absolute atomic E-state index is 13.9. The average Bonchev–Trinajstić information content (AvgIpc) is 2.67. The van der Waals surface area contributed by atoms with Crippen LogP contribution < -0.4 is 14.4 Å². The highest BCUT2D eigenvalue weighted by Crippen LogP contribution is 2.45. The average molecular weight is 400 g/mol. The second-order valence-corrected chi connectivity index (χ2v) is 8.67. The summed E-state index contributed by atoms with van der Waals surface area (Å²) < 4.78 is 47.8. The Morgan fingerprint density at radius 3 is 2.54 bits per heavy atom. The molecule has 1 aliphatic rings. The van der Waals surface area contributed by atoms with Gasteiger partial charge in [0.1, 0.15) is 11.6 Å². The van der Waals surface area contributed by atoms with Gasteiger partial charge in [0, 0.05) is 6.42 Å². The van der Waals surface area contributed by atoms with Gasteiger partial charge in [-0.2, -0.15) is 0 Å². The first-order chi connectivity index (χ1) is 13.5. The number of rotatable bonds is 5. The predicted octanol–water partition coefficient (Wildman–Crippen LogP) is 4.16. The first-order valence-electron chi connectivity index (χ1n) is 9.14. The summed E-state index contributed by atoms with van der Waals surface area (Å²) in [4.78, 5) is 0. The molecule has 1 heterocycles. The SMILES string of the molecule is CNCCCC1Oc2cc3ccccc3cc2N(c2cccc(F)c2)S1(=O)=O. The van der Waals surface area contributed by atoms with Gasteiger partial charge in [-0.15, -0.1) is 0 Å². The summed E-state index contributed by atoms with van der Waals surface area (Å²) in [5.74, 6) is -0.0134. The number of hydrogen-bond donors (Lipinski definition) is 1. The summed E-state index contributed by atoms with van der Waals surface area (Å²) in [6.07, 6.45) is 0.974. The van der Waals surface area contributed by atoms with E-state index in [4.69, 9.17) is 4.74 Å². The molecule has 3 aromatic rings. The lowest BCUT2D eigenvalue weighted by atomic mass is 10.1. The van der Waals surface area contributed by atoms with Crippen LogP contribution in [0.25, 0.3) is 10.8 Å². The van der Waals surface area contributed by atoms with E-state index in [2.05, 4.69) is 5.32 Å². The van der Waals surface area contributed by atoms with Crippen molar-refractivity contribution in [3.05, 3.63) is 66.5 Å². The summed E-state index contributed by atoms with van der Waals surface area (Å²) in [5.41, 5.74) is -0.370. The van der Waals surface area contributed by atoms with E-state index in [-0.39, 0.29) is 5.69 Å². The first-order valence-corrected chi connectivity index (χ1v) is 10.6. The molecule has 146 valence electrons. The lowest BCUT2D eigenvalue weighted by molar-refractivity contribution is 0.255. The second-order valence-electron chi connectivity index (χ2n) is 6.75. The standard InChI is InChI=1S/C21H21FN2O3S/c1-23-11-5-10-21-27-20-13-16-7-3-2-6-15(16)12-19(20)24(28(21,25)26)18-9-4-8-17(22)14-18/h2-4,6-9,12-14,21,23H,5,10-11H2,1H3. The molecule has 1 atom stereocenters. The van der Waals surface area contributed by atoms with E-state index in [1.165, 1.54) is 22.5 Å². The zero-order valence-electron chi connectivity index (χ0n) is 15.4. The Kier molecular flexibility index (Phi) is 4.95. The maximum atomic E-state index is 13.9. The van der Waals surface area contributed by atoms with Gasteiger partial charge in [0.2, 0.25) is 5.44 Å². The number of fused-ring (bicyclic) bond motifs is 2. The van der Waals surface area contributed by atoms with Crippen molar-refractivity contribution in [2.45, 2.75) is 18.3 Å². The molecule has 5 nitrogen and oxygen atoms in total. The number of nitrogens with one attached hydrogen (secondary N) is 1. The highest BCUT2D eigenvalue weighted by atomic mass is 32.2. The molecule has 0 radical (unpaired) electrons. The van der Waals surface area contributed by atoms with Crippen molar-refractivity contribution in [2.75, 3.05) is 17.9 Å². The van der Waals surface area contributed by atoms with Crippen LogP contribution in [-0.2, 0) is 10.0 Å². The van der Waals surface area contributed by atoms with E-state index in [0.717, 1.165) is 10.8 Å². The molecule has 0 fully saturated rings. The van der Waals surface area contributed by atoms with Crippen molar-refractivity contribution in [1.82, 2.24) is 5.32 Å². The third-order valence-electron chi connectivity index (χ3n) is 4.80. The Morgan fingerprint density at radius 1 is 1.07 bits per heavy atom. The van der Waals surface area contributed by atoms with Gasteiger partial charge in [0.05, 0.1) is 11.4 Å². The van der Waals surface area contributed by atoms with Gasteiger partial charge in [-0.25, -0.2) is 17.1 Å². The van der Waals surface area contributed by atoms with Crippen LogP contribution in [0.1, 0.15) is 12.8 Å². The van der Waals surface area contributed by atoms with E-state index in [9.17, 15) is 12.8 Å². The molecule has 4 rings (SSSR count). The van der Waals surface area contributed by atoms with Crippen LogP contribution in [0.2, 0.25) is 0 Å². The molecule has 0 bridgehead atoms. The summed E-state index contributed by atoms with van der Waals surface area (Å²) >= 11 is 0. The van der Waals surface area contributed by atoms with Gasteiger partial charge >= 0.3 is 0 Å². The fraction of sp³-hybridized carbons (Fsp3) is 0.238. The molecule has 0 amide bonds. The van der Waals surface area contributed by atoms with Gasteiger partial charge < -0.3 is 10.1 Å². The van der Waals surface area contributed by atoms with Gasteiger partial charge in [-0.05, 0) is 61.1 Å². The van der Waals surface area contributed by atoms with Crippen LogP contribution >= 0.6 is 0 Å². The van der Waals surface area contributed by atoms with Crippen LogP contribution in [0, 0.1) is 5.82 Å². The van der Waals surface area contributed by atoms with Crippen molar-refractivity contribution in [3.63, 3.8) is 0 Å². The Labute approximate surface area is 163 Å². The van der Waals surface area contributed by atoms with Crippen molar-refractivity contribution < 1.29 is 17.5 Å². The van der Waals surface area contributed by atoms with Crippen LogP contribution in [-0.4, -0.2) is 27.4 Å². The third-order valence-corrected chi connectivity index (χ3v) is 6.71. The minimum absolute atomic E-state index is 0.262. The molecule has 1 N–H and O–H groups in total. The summed E-state index contributed by atoms with van der Waals surface area (Å²) in [6.45, 7) is 0.680. The summed E-state index contributed by atoms with van der Waals surface area (Å²) in [5, 5.41) is 4.85. The van der Waals surface area contributed by atoms with Gasteiger partial charge in [0.15, 0.2) is 0 Å². The van der Waals surface area contributed by atoms with E-state index in [0.29, 0.717) is 30.8 Å². The van der Waals surface area contributed by atoms with Gasteiger partial charge in [-0.3, -0.25) is 0 Å². The normalized spacial score (nSPS) is 17.9. The minimum atomic E-state index is -3.88. The fourth-order valence-corrected chi connectivity index (χ4v) is 5.21. The quantitative estimate of drug-likeness (QED) is 0.653. The molecule has 0 spiro atoms. The van der Waals surface area contributed by atoms with E-state index >= 15 is 0 Å². The molecule has 0 saturated carbocycles. The molecule has 1 aliphatic heterocycles. The van der Waals surface area contributed by atoms with Gasteiger partial charge in [-0.1, -0.05) is 30.3 Å². The summed E-state index contributed by atoms with van der Waals surface area (Å²) in [7, 11) is -2.06. The Balaban J connectivity index is 1.89. The van der Waals surface area contributed by atoms with Crippen molar-refractivity contribution in [3.8, 4) is 5.75 Å². The molecular weight excluding hydrogens is 379 g/mol. The highest BCUT2D eigenvalue weighted by molar-refractivity contribution is 7.93. The van der Waals surface area contributed by atoms with Crippen LogP contribution in [0.3, 0.4) is 0 Å². The van der Waals surface area contributed by atoms with Crippen molar-refractivity contribution in [1.29, 1.82) is 0 Å². The Bertz CT molecular complexity index is 1120. The van der Waals surface area contributed by atoms with Crippen molar-refractivity contribution >= 4 is 32.2 Å². The monoisotopic (exact) mass is 400 g/mol. The Hall–Kier alpha value is -2.64. The van der Waals surface area contributed by atoms with E-state index in [1.54, 1.807) is 12.1 Å². The molecule has 0 saturated heterocycles. The molecule has 1 unspecified atom stereocenters. The number of anilines is 2. The van der Waals surface area contributed by atoms with Crippen LogP contribution in [0.15, 0.2) is 60.7 Å². The summed E-state index contributed by atoms with van der Waals surface area (Å²) in [6, 6.07) is 16.9.